The molecule has 0 radical (unpaired) electrons. The van der Waals surface area contributed by atoms with Crippen molar-refractivity contribution < 1.29 is 4.79 Å². The molecule has 0 fully saturated rings. The number of amides is 1. The number of fused-ring (bicyclic) bond motifs is 1. The van der Waals surface area contributed by atoms with Crippen LogP contribution in [0.25, 0.3) is 0 Å². The van der Waals surface area contributed by atoms with Crippen LogP contribution in [-0.2, 0) is 11.2 Å². The lowest BCUT2D eigenvalue weighted by Crippen LogP contribution is -2.39. The molecule has 1 heterocycles. The molecule has 1 aliphatic rings. The third-order valence-electron chi connectivity index (χ3n) is 3.14. The van der Waals surface area contributed by atoms with Crippen molar-refractivity contribution in [2.45, 2.75) is 38.8 Å². The second kappa shape index (κ2) is 4.33. The Bertz CT molecular complexity index is 456. The number of carbonyl (C=O) groups excluding carboxylic acids is 1. The fraction of sp³-hybridized carbons (Fsp3) is 0.500. The van der Waals surface area contributed by atoms with Gasteiger partial charge < -0.3 is 16.8 Å². The molecule has 1 aromatic rings. The Morgan fingerprint density at radius 2 is 2.35 bits per heavy atom. The maximum atomic E-state index is 11.6. The van der Waals surface area contributed by atoms with Gasteiger partial charge in [-0.05, 0) is 43.9 Å². The number of nitrogens with zero attached hydrogens (tertiary/aromatic N) is 1. The highest BCUT2D eigenvalue weighted by atomic mass is 16.2. The molecule has 1 amide bonds. The summed E-state index contributed by atoms with van der Waals surface area (Å²) in [5, 5.41) is 2.94. The van der Waals surface area contributed by atoms with Gasteiger partial charge in [-0.3, -0.25) is 4.79 Å². The van der Waals surface area contributed by atoms with Gasteiger partial charge in [0.25, 0.3) is 0 Å². The van der Waals surface area contributed by atoms with Crippen LogP contribution in [0, 0.1) is 6.92 Å². The van der Waals surface area contributed by atoms with E-state index in [0.29, 0.717) is 5.82 Å². The van der Waals surface area contributed by atoms with Crippen molar-refractivity contribution in [3.63, 3.8) is 0 Å². The Labute approximate surface area is 101 Å². The summed E-state index contributed by atoms with van der Waals surface area (Å²) >= 11 is 0. The van der Waals surface area contributed by atoms with Crippen molar-refractivity contribution >= 4 is 11.7 Å². The molecule has 92 valence electrons. The van der Waals surface area contributed by atoms with E-state index in [0.717, 1.165) is 29.7 Å². The molecule has 17 heavy (non-hydrogen) atoms. The van der Waals surface area contributed by atoms with Gasteiger partial charge in [-0.2, -0.15) is 0 Å². The van der Waals surface area contributed by atoms with Gasteiger partial charge in [-0.1, -0.05) is 0 Å². The van der Waals surface area contributed by atoms with Crippen LogP contribution in [-0.4, -0.2) is 16.9 Å². The van der Waals surface area contributed by atoms with Crippen LogP contribution < -0.4 is 16.8 Å². The highest BCUT2D eigenvalue weighted by Crippen LogP contribution is 2.31. The van der Waals surface area contributed by atoms with Gasteiger partial charge in [0, 0.05) is 5.69 Å². The van der Waals surface area contributed by atoms with Crippen LogP contribution in [0.3, 0.4) is 0 Å². The predicted molar refractivity (Wildman–Crippen MR) is 66.2 cm³/mol. The number of hydrogen-bond donors (Lipinski definition) is 3. The fourth-order valence-corrected chi connectivity index (χ4v) is 2.08. The number of aryl methyl sites for hydroxylation is 2. The van der Waals surface area contributed by atoms with Crippen molar-refractivity contribution in [1.82, 2.24) is 10.3 Å². The van der Waals surface area contributed by atoms with Crippen LogP contribution >= 0.6 is 0 Å². The maximum Gasteiger partial charge on any atom is 0.237 e. The molecule has 5 heteroatoms. The lowest BCUT2D eigenvalue weighted by atomic mass is 10.1. The van der Waals surface area contributed by atoms with Crippen LogP contribution in [0.1, 0.15) is 36.2 Å². The van der Waals surface area contributed by atoms with Gasteiger partial charge in [-0.25, -0.2) is 4.98 Å². The average molecular weight is 234 g/mol. The molecule has 1 aliphatic carbocycles. The minimum atomic E-state index is -0.484. The summed E-state index contributed by atoms with van der Waals surface area (Å²) in [6, 6.07) is 1.55. The lowest BCUT2D eigenvalue weighted by molar-refractivity contribution is -0.122. The van der Waals surface area contributed by atoms with E-state index in [-0.39, 0.29) is 11.9 Å². The summed E-state index contributed by atoms with van der Waals surface area (Å²) in [5.74, 6) is 0.445. The Hall–Kier alpha value is -1.62. The van der Waals surface area contributed by atoms with Gasteiger partial charge in [0.2, 0.25) is 5.91 Å². The predicted octanol–water partition coefficient (Wildman–Crippen LogP) is 0.423. The van der Waals surface area contributed by atoms with Gasteiger partial charge in [0.05, 0.1) is 12.1 Å². The van der Waals surface area contributed by atoms with E-state index >= 15 is 0 Å². The number of nitrogen functional groups attached to an aromatic ring is 1. The molecule has 1 unspecified atom stereocenters. The Morgan fingerprint density at radius 3 is 3.00 bits per heavy atom. The molecule has 2 atom stereocenters. The first kappa shape index (κ1) is 11.9. The number of hydrogen-bond acceptors (Lipinski definition) is 4. The van der Waals surface area contributed by atoms with Gasteiger partial charge in [0.1, 0.15) is 5.82 Å². The third-order valence-corrected chi connectivity index (χ3v) is 3.14. The van der Waals surface area contributed by atoms with Crippen molar-refractivity contribution in [2.24, 2.45) is 5.73 Å². The topological polar surface area (TPSA) is 94.0 Å². The molecule has 0 saturated heterocycles. The summed E-state index contributed by atoms with van der Waals surface area (Å²) in [5.41, 5.74) is 14.3. The van der Waals surface area contributed by atoms with E-state index in [9.17, 15) is 4.79 Å². The minimum Gasteiger partial charge on any atom is -0.383 e. The quantitative estimate of drug-likeness (QED) is 0.691. The van der Waals surface area contributed by atoms with Crippen molar-refractivity contribution in [1.29, 1.82) is 0 Å². The molecular formula is C12H18N4O. The maximum absolute atomic E-state index is 11.6. The number of nitrogens with two attached hydrogens (primary N) is 2. The van der Waals surface area contributed by atoms with Crippen LogP contribution in [0.15, 0.2) is 6.07 Å². The van der Waals surface area contributed by atoms with E-state index in [1.54, 1.807) is 6.92 Å². The van der Waals surface area contributed by atoms with E-state index in [2.05, 4.69) is 10.3 Å². The highest BCUT2D eigenvalue weighted by molar-refractivity contribution is 5.81. The summed E-state index contributed by atoms with van der Waals surface area (Å²) in [7, 11) is 0. The lowest BCUT2D eigenvalue weighted by Gasteiger charge is -2.16. The number of anilines is 1. The largest absolute Gasteiger partial charge is 0.383 e. The number of pyridine rings is 1. The standard InChI is InChI=1S/C12H18N4O/c1-6-5-8-9(15-11(6)14)3-4-10(8)16-12(17)7(2)13/h5,7,10H,3-4,13H2,1-2H3,(H2,14,15)(H,16,17)/t7-,10?/m0/s1. The third kappa shape index (κ3) is 2.24. The molecule has 1 aromatic heterocycles. The average Bonchev–Trinajstić information content (AvgIpc) is 2.62. The first-order chi connectivity index (χ1) is 7.99. The molecular weight excluding hydrogens is 216 g/mol. The number of nitrogens with one attached hydrogen (secondary N) is 1. The fourth-order valence-electron chi connectivity index (χ4n) is 2.08. The zero-order valence-electron chi connectivity index (χ0n) is 10.2. The number of aromatic nitrogens is 1. The van der Waals surface area contributed by atoms with Crippen molar-refractivity contribution in [3.05, 3.63) is 22.9 Å². The van der Waals surface area contributed by atoms with Crippen molar-refractivity contribution in [2.75, 3.05) is 5.73 Å². The summed E-state index contributed by atoms with van der Waals surface area (Å²) in [6.45, 7) is 3.60. The van der Waals surface area contributed by atoms with Crippen LogP contribution in [0.2, 0.25) is 0 Å². The van der Waals surface area contributed by atoms with Gasteiger partial charge in [-0.15, -0.1) is 0 Å². The second-order valence-electron chi connectivity index (χ2n) is 4.61. The molecule has 0 spiro atoms. The Balaban J connectivity index is 2.22. The molecule has 0 saturated carbocycles. The first-order valence-electron chi connectivity index (χ1n) is 5.81. The smallest absolute Gasteiger partial charge is 0.237 e. The monoisotopic (exact) mass is 234 g/mol. The zero-order valence-corrected chi connectivity index (χ0v) is 10.2. The normalized spacial score (nSPS) is 19.8. The summed E-state index contributed by atoms with van der Waals surface area (Å²) in [4.78, 5) is 15.9. The van der Waals surface area contributed by atoms with E-state index in [1.807, 2.05) is 13.0 Å². The summed E-state index contributed by atoms with van der Waals surface area (Å²) < 4.78 is 0. The van der Waals surface area contributed by atoms with E-state index in [1.165, 1.54) is 0 Å². The first-order valence-corrected chi connectivity index (χ1v) is 5.81. The zero-order chi connectivity index (χ0) is 12.6. The van der Waals surface area contributed by atoms with E-state index < -0.39 is 6.04 Å². The van der Waals surface area contributed by atoms with E-state index in [4.69, 9.17) is 11.5 Å². The molecule has 0 bridgehead atoms. The molecule has 0 aliphatic heterocycles. The minimum absolute atomic E-state index is 0.0234. The highest BCUT2D eigenvalue weighted by Gasteiger charge is 2.26. The molecule has 2 rings (SSSR count). The molecule has 5 N–H and O–H groups in total. The van der Waals surface area contributed by atoms with Gasteiger partial charge >= 0.3 is 0 Å². The number of rotatable bonds is 2. The second-order valence-corrected chi connectivity index (χ2v) is 4.61. The molecule has 0 aromatic carbocycles. The molecule has 5 nitrogen and oxygen atoms in total. The van der Waals surface area contributed by atoms with Crippen molar-refractivity contribution in [3.8, 4) is 0 Å². The van der Waals surface area contributed by atoms with Crippen LogP contribution in [0.5, 0.6) is 0 Å². The Morgan fingerprint density at radius 1 is 1.65 bits per heavy atom. The number of carbonyl (C=O) groups is 1. The summed E-state index contributed by atoms with van der Waals surface area (Å²) in [6.07, 6.45) is 1.72. The SMILES string of the molecule is Cc1cc2c(nc1N)CCC2NC(=O)[C@H](C)N. The Kier molecular flexibility index (Phi) is 3.02. The van der Waals surface area contributed by atoms with Crippen LogP contribution in [0.4, 0.5) is 5.82 Å². The van der Waals surface area contributed by atoms with Gasteiger partial charge in [0.15, 0.2) is 0 Å².